The first kappa shape index (κ1) is 14.4. The zero-order valence-electron chi connectivity index (χ0n) is 10.4. The Labute approximate surface area is 127 Å². The minimum Gasteiger partial charge on any atom is -0.496 e. The van der Waals surface area contributed by atoms with Crippen molar-refractivity contribution in [1.82, 2.24) is 10.3 Å². The molecule has 0 atom stereocenters. The molecule has 2 aromatic rings. The molecule has 1 aromatic carbocycles. The Hall–Kier alpha value is -1.05. The van der Waals surface area contributed by atoms with E-state index < -0.39 is 0 Å². The van der Waals surface area contributed by atoms with Crippen LogP contribution < -0.4 is 14.8 Å². The van der Waals surface area contributed by atoms with Crippen molar-refractivity contribution < 1.29 is 13.9 Å². The van der Waals surface area contributed by atoms with Crippen LogP contribution in [0.3, 0.4) is 0 Å². The van der Waals surface area contributed by atoms with Crippen molar-refractivity contribution in [2.75, 3.05) is 14.2 Å². The van der Waals surface area contributed by atoms with E-state index in [0.717, 1.165) is 14.6 Å². The Bertz CT molecular complexity index is 572. The number of methoxy groups -OCH3 is 1. The van der Waals surface area contributed by atoms with Crippen LogP contribution >= 0.6 is 31.9 Å². The molecule has 0 unspecified atom stereocenters. The molecule has 2 rings (SSSR count). The number of halogens is 2. The normalized spacial score (nSPS) is 10.5. The molecule has 0 fully saturated rings. The number of aromatic nitrogens is 1. The molecule has 19 heavy (non-hydrogen) atoms. The number of ether oxygens (including phenoxy) is 2. The number of oxazole rings is 1. The monoisotopic (exact) mass is 390 g/mol. The number of nitrogens with one attached hydrogen (secondary N) is 1. The Morgan fingerprint density at radius 1 is 1.26 bits per heavy atom. The third kappa shape index (κ3) is 3.49. The summed E-state index contributed by atoms with van der Waals surface area (Å²) < 4.78 is 17.5. The summed E-state index contributed by atoms with van der Waals surface area (Å²) in [4.78, 5) is 4.19. The summed E-state index contributed by atoms with van der Waals surface area (Å²) in [5.74, 6) is 1.30. The summed E-state index contributed by atoms with van der Waals surface area (Å²) in [5, 5.41) is 2.99. The Morgan fingerprint density at radius 3 is 2.63 bits per heavy atom. The van der Waals surface area contributed by atoms with Gasteiger partial charge < -0.3 is 19.2 Å². The van der Waals surface area contributed by atoms with E-state index in [-0.39, 0.29) is 6.08 Å². The summed E-state index contributed by atoms with van der Waals surface area (Å²) >= 11 is 6.81. The molecule has 0 aliphatic rings. The van der Waals surface area contributed by atoms with Gasteiger partial charge in [-0.15, -0.1) is 0 Å². The predicted octanol–water partition coefficient (Wildman–Crippen LogP) is 3.72. The van der Waals surface area contributed by atoms with Gasteiger partial charge in [0.2, 0.25) is 0 Å². The van der Waals surface area contributed by atoms with E-state index in [9.17, 15) is 0 Å². The van der Waals surface area contributed by atoms with Crippen molar-refractivity contribution in [3.8, 4) is 17.6 Å². The molecule has 1 aromatic heterocycles. The molecule has 5 nitrogen and oxygen atoms in total. The smallest absolute Gasteiger partial charge is 0.399 e. The summed E-state index contributed by atoms with van der Waals surface area (Å²) in [6.45, 7) is 0.625. The molecule has 1 heterocycles. The third-order valence-corrected chi connectivity index (χ3v) is 3.53. The van der Waals surface area contributed by atoms with Gasteiger partial charge in [0.1, 0.15) is 17.8 Å². The van der Waals surface area contributed by atoms with E-state index in [2.05, 4.69) is 42.2 Å². The predicted molar refractivity (Wildman–Crippen MR) is 77.7 cm³/mol. The van der Waals surface area contributed by atoms with Crippen molar-refractivity contribution in [3.63, 3.8) is 0 Å². The minimum absolute atomic E-state index is 0.197. The highest BCUT2D eigenvalue weighted by Crippen LogP contribution is 2.37. The van der Waals surface area contributed by atoms with Crippen molar-refractivity contribution in [1.29, 1.82) is 0 Å². The molecule has 102 valence electrons. The Kier molecular flexibility index (Phi) is 4.84. The minimum atomic E-state index is 0.197. The lowest BCUT2D eigenvalue weighted by atomic mass is 10.3. The van der Waals surface area contributed by atoms with Gasteiger partial charge in [-0.05, 0) is 45.0 Å². The van der Waals surface area contributed by atoms with Gasteiger partial charge in [-0.25, -0.2) is 0 Å². The van der Waals surface area contributed by atoms with Crippen LogP contribution in [0.25, 0.3) is 0 Å². The van der Waals surface area contributed by atoms with Crippen LogP contribution in [0.2, 0.25) is 0 Å². The van der Waals surface area contributed by atoms with Crippen LogP contribution in [0.5, 0.6) is 17.6 Å². The van der Waals surface area contributed by atoms with Gasteiger partial charge in [-0.2, -0.15) is 4.98 Å². The maximum atomic E-state index is 5.58. The van der Waals surface area contributed by atoms with Gasteiger partial charge in [-0.1, -0.05) is 0 Å². The lowest BCUT2D eigenvalue weighted by molar-refractivity contribution is 0.328. The average Bonchev–Trinajstić information content (AvgIpc) is 2.81. The van der Waals surface area contributed by atoms with Crippen LogP contribution in [0.1, 0.15) is 5.69 Å². The first-order chi connectivity index (χ1) is 9.13. The Morgan fingerprint density at radius 2 is 1.95 bits per heavy atom. The van der Waals surface area contributed by atoms with E-state index in [1.165, 1.54) is 0 Å². The average molecular weight is 392 g/mol. The molecular formula is C12H12Br2N2O3. The largest absolute Gasteiger partial charge is 0.496 e. The second kappa shape index (κ2) is 6.40. The lowest BCUT2D eigenvalue weighted by Crippen LogP contribution is -2.04. The topological polar surface area (TPSA) is 56.5 Å². The molecule has 0 aliphatic carbocycles. The highest BCUT2D eigenvalue weighted by atomic mass is 79.9. The van der Waals surface area contributed by atoms with E-state index in [0.29, 0.717) is 18.0 Å². The van der Waals surface area contributed by atoms with Crippen LogP contribution in [0, 0.1) is 0 Å². The van der Waals surface area contributed by atoms with Crippen LogP contribution in [0.15, 0.2) is 31.8 Å². The quantitative estimate of drug-likeness (QED) is 0.841. The highest BCUT2D eigenvalue weighted by molar-refractivity contribution is 9.11. The number of hydrogen-bond acceptors (Lipinski definition) is 5. The van der Waals surface area contributed by atoms with Gasteiger partial charge in [0.05, 0.1) is 21.7 Å². The molecule has 0 aliphatic heterocycles. The van der Waals surface area contributed by atoms with E-state index >= 15 is 0 Å². The molecular weight excluding hydrogens is 380 g/mol. The first-order valence-corrected chi connectivity index (χ1v) is 7.02. The molecule has 7 heteroatoms. The zero-order chi connectivity index (χ0) is 13.8. The van der Waals surface area contributed by atoms with Crippen molar-refractivity contribution in [2.45, 2.75) is 6.54 Å². The maximum absolute atomic E-state index is 5.58. The van der Waals surface area contributed by atoms with Crippen molar-refractivity contribution in [2.24, 2.45) is 0 Å². The van der Waals surface area contributed by atoms with Gasteiger partial charge in [0.15, 0.2) is 0 Å². The standard InChI is InChI=1S/C12H12Br2N2O3/c1-15-5-7-6-18-12(16-7)19-11-4-8(13)10(17-2)3-9(11)14/h3-4,6,15H,5H2,1-2H3. The van der Waals surface area contributed by atoms with E-state index in [1.807, 2.05) is 7.05 Å². The summed E-state index contributed by atoms with van der Waals surface area (Å²) in [6.07, 6.45) is 1.75. The summed E-state index contributed by atoms with van der Waals surface area (Å²) in [5.41, 5.74) is 0.779. The summed E-state index contributed by atoms with van der Waals surface area (Å²) in [6, 6.07) is 3.59. The number of benzene rings is 1. The van der Waals surface area contributed by atoms with Crippen LogP contribution in [-0.2, 0) is 6.54 Å². The van der Waals surface area contributed by atoms with Gasteiger partial charge >= 0.3 is 6.08 Å². The number of rotatable bonds is 5. The second-order valence-electron chi connectivity index (χ2n) is 3.65. The van der Waals surface area contributed by atoms with Crippen LogP contribution in [0.4, 0.5) is 0 Å². The fourth-order valence-corrected chi connectivity index (χ4v) is 2.32. The van der Waals surface area contributed by atoms with Crippen molar-refractivity contribution >= 4 is 31.9 Å². The molecule has 0 bridgehead atoms. The molecule has 1 N–H and O–H groups in total. The van der Waals surface area contributed by atoms with E-state index in [4.69, 9.17) is 13.9 Å². The molecule has 0 amide bonds. The second-order valence-corrected chi connectivity index (χ2v) is 5.36. The highest BCUT2D eigenvalue weighted by Gasteiger charge is 2.12. The van der Waals surface area contributed by atoms with Gasteiger partial charge in [-0.3, -0.25) is 0 Å². The molecule has 0 spiro atoms. The molecule has 0 radical (unpaired) electrons. The van der Waals surface area contributed by atoms with Gasteiger partial charge in [0, 0.05) is 12.6 Å². The maximum Gasteiger partial charge on any atom is 0.399 e. The zero-order valence-corrected chi connectivity index (χ0v) is 13.5. The van der Waals surface area contributed by atoms with E-state index in [1.54, 1.807) is 25.5 Å². The van der Waals surface area contributed by atoms with Gasteiger partial charge in [0.25, 0.3) is 0 Å². The fraction of sp³-hybridized carbons (Fsp3) is 0.250. The number of hydrogen-bond donors (Lipinski definition) is 1. The third-order valence-electron chi connectivity index (χ3n) is 2.29. The molecule has 0 saturated carbocycles. The summed E-state index contributed by atoms with van der Waals surface area (Å²) in [7, 11) is 3.44. The molecule has 0 saturated heterocycles. The number of nitrogens with zero attached hydrogens (tertiary/aromatic N) is 1. The fourth-order valence-electron chi connectivity index (χ4n) is 1.44. The lowest BCUT2D eigenvalue weighted by Gasteiger charge is -2.08. The van der Waals surface area contributed by atoms with Crippen LogP contribution in [-0.4, -0.2) is 19.1 Å². The Balaban J connectivity index is 2.20. The van der Waals surface area contributed by atoms with Crippen molar-refractivity contribution in [3.05, 3.63) is 33.0 Å². The SMILES string of the molecule is CNCc1coc(Oc2cc(Br)c(OC)cc2Br)n1. The first-order valence-electron chi connectivity index (χ1n) is 5.44.